The molecule has 1 aromatic rings. The van der Waals surface area contributed by atoms with Gasteiger partial charge in [-0.1, -0.05) is 11.6 Å². The number of methoxy groups -OCH3 is 2. The minimum atomic E-state index is -0.425. The molecule has 7 nitrogen and oxygen atoms in total. The predicted molar refractivity (Wildman–Crippen MR) is 82.5 cm³/mol. The van der Waals surface area contributed by atoms with Crippen LogP contribution in [0.15, 0.2) is 12.1 Å². The van der Waals surface area contributed by atoms with E-state index in [9.17, 15) is 9.59 Å². The van der Waals surface area contributed by atoms with Crippen molar-refractivity contribution in [3.8, 4) is 11.5 Å². The second kappa shape index (κ2) is 9.28. The fourth-order valence-corrected chi connectivity index (χ4v) is 1.64. The highest BCUT2D eigenvalue weighted by Crippen LogP contribution is 2.35. The number of halogens is 2. The summed E-state index contributed by atoms with van der Waals surface area (Å²) in [6.07, 6.45) is 0. The Balaban J connectivity index is 0.00000400. The summed E-state index contributed by atoms with van der Waals surface area (Å²) in [5.41, 5.74) is 5.49. The predicted octanol–water partition coefficient (Wildman–Crippen LogP) is 0.792. The molecule has 0 saturated heterocycles. The van der Waals surface area contributed by atoms with Gasteiger partial charge in [-0.3, -0.25) is 9.59 Å². The number of ether oxygens (including phenoxy) is 2. The summed E-state index contributed by atoms with van der Waals surface area (Å²) in [4.78, 5) is 22.6. The van der Waals surface area contributed by atoms with Crippen LogP contribution in [0, 0.1) is 0 Å². The van der Waals surface area contributed by atoms with Crippen LogP contribution in [0.3, 0.4) is 0 Å². The summed E-state index contributed by atoms with van der Waals surface area (Å²) >= 11 is 5.97. The van der Waals surface area contributed by atoms with Crippen LogP contribution in [-0.2, 0) is 9.59 Å². The second-order valence-corrected chi connectivity index (χ2v) is 4.12. The molecular weight excluding hydrogens is 321 g/mol. The van der Waals surface area contributed by atoms with E-state index in [0.717, 1.165) is 0 Å². The summed E-state index contributed by atoms with van der Waals surface area (Å²) in [6, 6.07) is 3.05. The van der Waals surface area contributed by atoms with Crippen LogP contribution in [0.4, 0.5) is 5.69 Å². The number of amides is 2. The summed E-state index contributed by atoms with van der Waals surface area (Å²) in [7, 11) is 2.93. The van der Waals surface area contributed by atoms with Gasteiger partial charge in [0.05, 0.1) is 38.0 Å². The second-order valence-electron chi connectivity index (χ2n) is 3.72. The summed E-state index contributed by atoms with van der Waals surface area (Å²) < 4.78 is 10.2. The maximum absolute atomic E-state index is 11.7. The molecule has 118 valence electrons. The molecule has 2 amide bonds. The standard InChI is InChI=1S/C12H16ClN3O4.ClH/c1-19-9-4-10(20-2)8(3-7(9)13)16-12(18)6-15-11(17)5-14;/h3-4H,5-6,14H2,1-2H3,(H,15,17)(H,16,18);1H. The Labute approximate surface area is 133 Å². The molecule has 0 aliphatic carbocycles. The molecule has 0 aromatic heterocycles. The lowest BCUT2D eigenvalue weighted by atomic mass is 10.2. The first-order valence-electron chi connectivity index (χ1n) is 5.70. The number of nitrogens with one attached hydrogen (secondary N) is 2. The van der Waals surface area contributed by atoms with Crippen LogP contribution < -0.4 is 25.8 Å². The summed E-state index contributed by atoms with van der Waals surface area (Å²) in [6.45, 7) is -0.367. The van der Waals surface area contributed by atoms with Gasteiger partial charge in [0.2, 0.25) is 11.8 Å². The van der Waals surface area contributed by atoms with Crippen LogP contribution in [0.5, 0.6) is 11.5 Å². The van der Waals surface area contributed by atoms with Gasteiger partial charge in [-0.2, -0.15) is 0 Å². The van der Waals surface area contributed by atoms with Gasteiger partial charge < -0.3 is 25.8 Å². The number of benzene rings is 1. The Kier molecular flexibility index (Phi) is 8.52. The lowest BCUT2D eigenvalue weighted by Gasteiger charge is -2.13. The Morgan fingerprint density at radius 2 is 1.81 bits per heavy atom. The SMILES string of the molecule is COc1cc(OC)c(NC(=O)CNC(=O)CN)cc1Cl.Cl. The van der Waals surface area contributed by atoms with E-state index in [4.69, 9.17) is 26.8 Å². The molecule has 0 radical (unpaired) electrons. The van der Waals surface area contributed by atoms with Crippen molar-refractivity contribution in [2.45, 2.75) is 0 Å². The molecule has 4 N–H and O–H groups in total. The highest BCUT2D eigenvalue weighted by molar-refractivity contribution is 6.32. The van der Waals surface area contributed by atoms with E-state index >= 15 is 0 Å². The minimum absolute atomic E-state index is 0. The molecule has 1 rings (SSSR count). The molecule has 0 bridgehead atoms. The van der Waals surface area contributed by atoms with Crippen molar-refractivity contribution in [2.75, 3.05) is 32.6 Å². The quantitative estimate of drug-likeness (QED) is 0.712. The van der Waals surface area contributed by atoms with Gasteiger partial charge in [-0.05, 0) is 6.07 Å². The number of anilines is 1. The average Bonchev–Trinajstić information content (AvgIpc) is 2.45. The molecule has 0 saturated carbocycles. The number of rotatable bonds is 6. The number of nitrogens with two attached hydrogens (primary N) is 1. The van der Waals surface area contributed by atoms with Gasteiger partial charge in [0.25, 0.3) is 0 Å². The van der Waals surface area contributed by atoms with Gasteiger partial charge in [0.1, 0.15) is 11.5 Å². The van der Waals surface area contributed by atoms with E-state index in [1.54, 1.807) is 6.07 Å². The first-order chi connectivity index (χ1) is 9.51. The topological polar surface area (TPSA) is 103 Å². The highest BCUT2D eigenvalue weighted by atomic mass is 35.5. The van der Waals surface area contributed by atoms with Crippen molar-refractivity contribution in [1.82, 2.24) is 5.32 Å². The maximum atomic E-state index is 11.7. The van der Waals surface area contributed by atoms with E-state index in [1.165, 1.54) is 20.3 Å². The third-order valence-electron chi connectivity index (χ3n) is 2.38. The van der Waals surface area contributed by atoms with E-state index in [0.29, 0.717) is 22.2 Å². The molecule has 1 aromatic carbocycles. The Bertz CT molecular complexity index is 512. The zero-order valence-corrected chi connectivity index (χ0v) is 13.1. The van der Waals surface area contributed by atoms with Crippen molar-refractivity contribution in [3.05, 3.63) is 17.2 Å². The van der Waals surface area contributed by atoms with E-state index in [-0.39, 0.29) is 25.5 Å². The fourth-order valence-electron chi connectivity index (χ4n) is 1.40. The lowest BCUT2D eigenvalue weighted by molar-refractivity contribution is -0.123. The molecule has 9 heteroatoms. The average molecular weight is 338 g/mol. The molecule has 0 unspecified atom stereocenters. The van der Waals surface area contributed by atoms with Crippen LogP contribution in [-0.4, -0.2) is 39.1 Å². The van der Waals surface area contributed by atoms with E-state index < -0.39 is 11.8 Å². The van der Waals surface area contributed by atoms with E-state index in [1.807, 2.05) is 0 Å². The third-order valence-corrected chi connectivity index (χ3v) is 2.67. The maximum Gasteiger partial charge on any atom is 0.243 e. The van der Waals surface area contributed by atoms with Gasteiger partial charge in [-0.15, -0.1) is 12.4 Å². The van der Waals surface area contributed by atoms with Crippen LogP contribution >= 0.6 is 24.0 Å². The molecule has 0 heterocycles. The zero-order chi connectivity index (χ0) is 15.1. The van der Waals surface area contributed by atoms with E-state index in [2.05, 4.69) is 10.6 Å². The first-order valence-corrected chi connectivity index (χ1v) is 6.07. The normalized spacial score (nSPS) is 9.33. The molecule has 21 heavy (non-hydrogen) atoms. The largest absolute Gasteiger partial charge is 0.495 e. The summed E-state index contributed by atoms with van der Waals surface area (Å²) in [5, 5.41) is 5.25. The molecule has 0 spiro atoms. The molecule has 0 aliphatic rings. The monoisotopic (exact) mass is 337 g/mol. The number of hydrogen-bond donors (Lipinski definition) is 3. The Morgan fingerprint density at radius 1 is 1.19 bits per heavy atom. The smallest absolute Gasteiger partial charge is 0.243 e. The lowest BCUT2D eigenvalue weighted by Crippen LogP contribution is -2.36. The molecule has 0 fully saturated rings. The molecular formula is C12H17Cl2N3O4. The van der Waals surface area contributed by atoms with Crippen LogP contribution in [0.1, 0.15) is 0 Å². The first kappa shape index (κ1) is 19.3. The van der Waals surface area contributed by atoms with Gasteiger partial charge >= 0.3 is 0 Å². The Hall–Kier alpha value is -1.70. The van der Waals surface area contributed by atoms with Crippen LogP contribution in [0.25, 0.3) is 0 Å². The number of hydrogen-bond acceptors (Lipinski definition) is 5. The number of carbonyl (C=O) groups excluding carboxylic acids is 2. The zero-order valence-electron chi connectivity index (χ0n) is 11.6. The van der Waals surface area contributed by atoms with Crippen molar-refractivity contribution in [3.63, 3.8) is 0 Å². The number of carbonyl (C=O) groups is 2. The highest BCUT2D eigenvalue weighted by Gasteiger charge is 2.12. The van der Waals surface area contributed by atoms with Crippen molar-refractivity contribution in [1.29, 1.82) is 0 Å². The minimum Gasteiger partial charge on any atom is -0.495 e. The van der Waals surface area contributed by atoms with Crippen LogP contribution in [0.2, 0.25) is 5.02 Å². The molecule has 0 atom stereocenters. The van der Waals surface area contributed by atoms with Gasteiger partial charge in [0.15, 0.2) is 0 Å². The summed E-state index contributed by atoms with van der Waals surface area (Å²) in [5.74, 6) is -0.0195. The van der Waals surface area contributed by atoms with Crippen molar-refractivity contribution >= 4 is 41.5 Å². The molecule has 0 aliphatic heterocycles. The van der Waals surface area contributed by atoms with Gasteiger partial charge in [-0.25, -0.2) is 0 Å². The fraction of sp³-hybridized carbons (Fsp3) is 0.333. The van der Waals surface area contributed by atoms with Crippen molar-refractivity contribution in [2.24, 2.45) is 5.73 Å². The third kappa shape index (κ3) is 5.66. The van der Waals surface area contributed by atoms with Gasteiger partial charge in [0, 0.05) is 6.07 Å². The Morgan fingerprint density at radius 3 is 2.33 bits per heavy atom. The van der Waals surface area contributed by atoms with Crippen molar-refractivity contribution < 1.29 is 19.1 Å².